The Labute approximate surface area is 209 Å². The van der Waals surface area contributed by atoms with Gasteiger partial charge in [-0.1, -0.05) is 68.2 Å². The first kappa shape index (κ1) is 30.9. The molecule has 2 rings (SSSR count). The minimum atomic E-state index is 0.761. The molecule has 33 heavy (non-hydrogen) atoms. The van der Waals surface area contributed by atoms with Crippen LogP contribution in [0.2, 0.25) is 0 Å². The molecule has 0 saturated carbocycles. The standard InChI is InChI=1S/C15H31NO.C15H31N/c1-13(2)7-11-17-12-10-16-8-5-15(6-9-16)14(3)4;1-13(2)7-5-6-10-16-11-8-15(9-12-16)14(3)4/h13-15H,5-12H2,1-4H3;13-15H,5-12H2,1-4H3. The summed E-state index contributed by atoms with van der Waals surface area (Å²) in [7, 11) is 0. The Balaban J connectivity index is 0.000000331. The van der Waals surface area contributed by atoms with Crippen molar-refractivity contribution < 1.29 is 4.74 Å². The van der Waals surface area contributed by atoms with Gasteiger partial charge in [-0.15, -0.1) is 0 Å². The van der Waals surface area contributed by atoms with Crippen LogP contribution in [-0.2, 0) is 4.74 Å². The smallest absolute Gasteiger partial charge is 0.0593 e. The van der Waals surface area contributed by atoms with E-state index in [0.29, 0.717) is 0 Å². The number of piperidine rings is 2. The molecular weight excluding hydrogens is 404 g/mol. The van der Waals surface area contributed by atoms with Gasteiger partial charge in [0.15, 0.2) is 0 Å². The molecule has 2 fully saturated rings. The van der Waals surface area contributed by atoms with E-state index in [1.807, 2.05) is 0 Å². The van der Waals surface area contributed by atoms with Crippen molar-refractivity contribution in [2.75, 3.05) is 52.5 Å². The number of ether oxygens (including phenoxy) is 1. The fourth-order valence-corrected chi connectivity index (χ4v) is 5.19. The first-order valence-electron chi connectivity index (χ1n) is 14.7. The molecule has 0 aromatic heterocycles. The second-order valence-electron chi connectivity index (χ2n) is 12.5. The van der Waals surface area contributed by atoms with Crippen LogP contribution in [0.3, 0.4) is 0 Å². The Kier molecular flexibility index (Phi) is 17.0. The molecule has 0 N–H and O–H groups in total. The van der Waals surface area contributed by atoms with Gasteiger partial charge in [-0.05, 0) is 107 Å². The molecule has 0 atom stereocenters. The van der Waals surface area contributed by atoms with Gasteiger partial charge in [0.05, 0.1) is 6.61 Å². The minimum Gasteiger partial charge on any atom is -0.380 e. The van der Waals surface area contributed by atoms with Crippen molar-refractivity contribution >= 4 is 0 Å². The summed E-state index contributed by atoms with van der Waals surface area (Å²) >= 11 is 0. The van der Waals surface area contributed by atoms with Gasteiger partial charge in [0, 0.05) is 13.2 Å². The van der Waals surface area contributed by atoms with Crippen LogP contribution >= 0.6 is 0 Å². The maximum atomic E-state index is 5.68. The Hall–Kier alpha value is -0.120. The molecule has 0 spiro atoms. The van der Waals surface area contributed by atoms with Gasteiger partial charge < -0.3 is 14.5 Å². The lowest BCUT2D eigenvalue weighted by atomic mass is 9.86. The molecule has 0 unspecified atom stereocenters. The average molecular weight is 467 g/mol. The summed E-state index contributed by atoms with van der Waals surface area (Å²) in [5, 5.41) is 0. The molecule has 3 heteroatoms. The number of likely N-dealkylation sites (tertiary alicyclic amines) is 2. The summed E-state index contributed by atoms with van der Waals surface area (Å²) < 4.78 is 5.68. The zero-order valence-corrected chi connectivity index (χ0v) is 24.1. The van der Waals surface area contributed by atoms with Crippen LogP contribution in [0.4, 0.5) is 0 Å². The second-order valence-corrected chi connectivity index (χ2v) is 12.5. The van der Waals surface area contributed by atoms with E-state index in [1.165, 1.54) is 84.1 Å². The van der Waals surface area contributed by atoms with Gasteiger partial charge in [0.1, 0.15) is 0 Å². The van der Waals surface area contributed by atoms with E-state index >= 15 is 0 Å². The number of rotatable bonds is 13. The van der Waals surface area contributed by atoms with Gasteiger partial charge >= 0.3 is 0 Å². The number of hydrogen-bond donors (Lipinski definition) is 0. The molecule has 198 valence electrons. The summed E-state index contributed by atoms with van der Waals surface area (Å²) in [4.78, 5) is 5.24. The van der Waals surface area contributed by atoms with Crippen molar-refractivity contribution in [3.05, 3.63) is 0 Å². The highest BCUT2D eigenvalue weighted by Crippen LogP contribution is 2.25. The highest BCUT2D eigenvalue weighted by Gasteiger charge is 2.21. The third-order valence-electron chi connectivity index (χ3n) is 8.05. The van der Waals surface area contributed by atoms with Crippen molar-refractivity contribution in [1.29, 1.82) is 0 Å². The molecule has 0 aromatic rings. The van der Waals surface area contributed by atoms with Crippen molar-refractivity contribution in [1.82, 2.24) is 9.80 Å². The highest BCUT2D eigenvalue weighted by molar-refractivity contribution is 4.75. The summed E-state index contributed by atoms with van der Waals surface area (Å²) in [5.74, 6) is 5.34. The lowest BCUT2D eigenvalue weighted by Gasteiger charge is -2.33. The van der Waals surface area contributed by atoms with Crippen molar-refractivity contribution in [2.45, 2.75) is 107 Å². The Bertz CT molecular complexity index is 433. The maximum absolute atomic E-state index is 5.68. The molecule has 0 aliphatic carbocycles. The molecule has 0 bridgehead atoms. The van der Waals surface area contributed by atoms with Crippen molar-refractivity contribution in [3.8, 4) is 0 Å². The van der Waals surface area contributed by atoms with Crippen LogP contribution in [0, 0.1) is 35.5 Å². The van der Waals surface area contributed by atoms with Crippen molar-refractivity contribution in [2.24, 2.45) is 35.5 Å². The van der Waals surface area contributed by atoms with Gasteiger partial charge in [-0.3, -0.25) is 0 Å². The predicted octanol–water partition coefficient (Wildman–Crippen LogP) is 7.60. The second kappa shape index (κ2) is 18.2. The molecule has 2 saturated heterocycles. The summed E-state index contributed by atoms with van der Waals surface area (Å²) in [6.07, 6.45) is 11.0. The van der Waals surface area contributed by atoms with E-state index in [4.69, 9.17) is 4.74 Å². The first-order chi connectivity index (χ1) is 15.7. The molecule has 2 aliphatic rings. The van der Waals surface area contributed by atoms with Gasteiger partial charge in [0.2, 0.25) is 0 Å². The van der Waals surface area contributed by atoms with E-state index in [9.17, 15) is 0 Å². The van der Waals surface area contributed by atoms with Gasteiger partial charge in [-0.25, -0.2) is 0 Å². The van der Waals surface area contributed by atoms with E-state index < -0.39 is 0 Å². The summed E-state index contributed by atoms with van der Waals surface area (Å²) in [6, 6.07) is 0. The third-order valence-corrected chi connectivity index (χ3v) is 8.05. The fourth-order valence-electron chi connectivity index (χ4n) is 5.19. The van der Waals surface area contributed by atoms with Gasteiger partial charge in [0.25, 0.3) is 0 Å². The molecule has 0 radical (unpaired) electrons. The molecule has 2 aliphatic heterocycles. The molecule has 2 heterocycles. The topological polar surface area (TPSA) is 15.7 Å². The molecule has 0 amide bonds. The van der Waals surface area contributed by atoms with Crippen LogP contribution in [0.5, 0.6) is 0 Å². The number of hydrogen-bond acceptors (Lipinski definition) is 3. The predicted molar refractivity (Wildman–Crippen MR) is 147 cm³/mol. The molecule has 0 aromatic carbocycles. The average Bonchev–Trinajstić information content (AvgIpc) is 2.77. The lowest BCUT2D eigenvalue weighted by Crippen LogP contribution is -2.37. The van der Waals surface area contributed by atoms with Crippen molar-refractivity contribution in [3.63, 3.8) is 0 Å². The fraction of sp³-hybridized carbons (Fsp3) is 1.00. The SMILES string of the molecule is CC(C)CCCCN1CCC(C(C)C)CC1.CC(C)CCOCCN1CCC(C(C)C)CC1. The van der Waals surface area contributed by atoms with Crippen LogP contribution < -0.4 is 0 Å². The number of nitrogens with zero attached hydrogens (tertiary/aromatic N) is 2. The van der Waals surface area contributed by atoms with Crippen LogP contribution in [0.15, 0.2) is 0 Å². The zero-order valence-electron chi connectivity index (χ0n) is 24.1. The zero-order chi connectivity index (χ0) is 24.6. The Morgan fingerprint density at radius 2 is 1.03 bits per heavy atom. The Morgan fingerprint density at radius 1 is 0.576 bits per heavy atom. The van der Waals surface area contributed by atoms with E-state index in [1.54, 1.807) is 0 Å². The molecular formula is C30H62N2O. The largest absolute Gasteiger partial charge is 0.380 e. The van der Waals surface area contributed by atoms with Crippen LogP contribution in [0.1, 0.15) is 107 Å². The third kappa shape index (κ3) is 15.5. The monoisotopic (exact) mass is 466 g/mol. The quantitative estimate of drug-likeness (QED) is 0.260. The summed E-state index contributed by atoms with van der Waals surface area (Å²) in [6.45, 7) is 28.2. The van der Waals surface area contributed by atoms with E-state index in [-0.39, 0.29) is 0 Å². The maximum Gasteiger partial charge on any atom is 0.0593 e. The summed E-state index contributed by atoms with van der Waals surface area (Å²) in [5.41, 5.74) is 0. The minimum absolute atomic E-state index is 0.761. The lowest BCUT2D eigenvalue weighted by molar-refractivity contribution is 0.0778. The normalized spacial score (nSPS) is 19.6. The van der Waals surface area contributed by atoms with Gasteiger partial charge in [-0.2, -0.15) is 0 Å². The first-order valence-corrected chi connectivity index (χ1v) is 14.7. The van der Waals surface area contributed by atoms with E-state index in [0.717, 1.165) is 55.3 Å². The van der Waals surface area contributed by atoms with E-state index in [2.05, 4.69) is 65.2 Å². The van der Waals surface area contributed by atoms with Crippen LogP contribution in [0.25, 0.3) is 0 Å². The molecule has 3 nitrogen and oxygen atoms in total. The highest BCUT2D eigenvalue weighted by atomic mass is 16.5. The number of unbranched alkanes of at least 4 members (excludes halogenated alkanes) is 1. The Morgan fingerprint density at radius 3 is 1.45 bits per heavy atom. The van der Waals surface area contributed by atoms with Crippen LogP contribution in [-0.4, -0.2) is 62.3 Å².